The van der Waals surface area contributed by atoms with Crippen LogP contribution in [0.3, 0.4) is 0 Å². The fourth-order valence-corrected chi connectivity index (χ4v) is 5.56. The summed E-state index contributed by atoms with van der Waals surface area (Å²) in [4.78, 5) is 64.4. The quantitative estimate of drug-likeness (QED) is 0.252. The van der Waals surface area contributed by atoms with Gasteiger partial charge in [0.25, 0.3) is 17.4 Å². The second kappa shape index (κ2) is 11.2. The van der Waals surface area contributed by atoms with E-state index in [1.165, 1.54) is 20.8 Å². The van der Waals surface area contributed by atoms with Gasteiger partial charge in [0.15, 0.2) is 0 Å². The number of hydrogen-bond donors (Lipinski definition) is 3. The van der Waals surface area contributed by atoms with E-state index in [1.807, 2.05) is 0 Å². The van der Waals surface area contributed by atoms with Crippen LogP contribution in [0.25, 0.3) is 0 Å². The van der Waals surface area contributed by atoms with Crippen LogP contribution in [0.4, 0.5) is 17.6 Å². The third-order valence-corrected chi connectivity index (χ3v) is 7.54. The molecule has 2 saturated heterocycles. The highest BCUT2D eigenvalue weighted by Crippen LogP contribution is 2.43. The molecule has 0 radical (unpaired) electrons. The number of nitrogens with one attached hydrogen (secondary N) is 3. The Kier molecular flexibility index (Phi) is 8.84. The standard InChI is InChI=1S/C23H32ClF4N5O5/c1-22(2,3)15(30-21(38)23(26,27)28)19(36)32-9-11-5-4-6-13(11)14(32)18(35)31-33(20(37)16(24)25)10-12-7-8-29-17(12)34/h11-16H,4-10H2,1-3H3,(H,29,34)(H,30,38)(H,31,35)/t11-,12-,13-,14-,15+,16+/m0/s1. The number of amides is 5. The lowest BCUT2D eigenvalue weighted by Crippen LogP contribution is -2.61. The van der Waals surface area contributed by atoms with E-state index in [-0.39, 0.29) is 30.8 Å². The van der Waals surface area contributed by atoms with E-state index in [9.17, 15) is 41.5 Å². The molecular weight excluding hydrogens is 538 g/mol. The van der Waals surface area contributed by atoms with Crippen molar-refractivity contribution in [1.82, 2.24) is 26.0 Å². The van der Waals surface area contributed by atoms with Crippen molar-refractivity contribution in [3.8, 4) is 0 Å². The summed E-state index contributed by atoms with van der Waals surface area (Å²) in [5.74, 6) is -6.91. The summed E-state index contributed by atoms with van der Waals surface area (Å²) in [7, 11) is 0. The summed E-state index contributed by atoms with van der Waals surface area (Å²) < 4.78 is 52.7. The maximum absolute atomic E-state index is 13.7. The zero-order chi connectivity index (χ0) is 28.6. The van der Waals surface area contributed by atoms with Gasteiger partial charge in [-0.1, -0.05) is 38.8 Å². The van der Waals surface area contributed by atoms with Crippen molar-refractivity contribution in [3.63, 3.8) is 0 Å². The number of nitrogens with zero attached hydrogens (tertiary/aromatic N) is 2. The number of hydrogen-bond acceptors (Lipinski definition) is 5. The SMILES string of the molecule is CC(C)(C)[C@H](NC(=O)C(F)(F)F)C(=O)N1C[C@@H]2CCC[C@@H]2[C@H]1C(=O)NN(C[C@@H]1CCNC1=O)C(=O)[C@@H](F)Cl. The van der Waals surface area contributed by atoms with Gasteiger partial charge in [0, 0.05) is 13.1 Å². The zero-order valence-corrected chi connectivity index (χ0v) is 22.0. The highest BCUT2D eigenvalue weighted by Gasteiger charge is 2.53. The average Bonchev–Trinajstić information content (AvgIpc) is 3.50. The Hall–Kier alpha value is -2.64. The molecule has 3 aliphatic rings. The fourth-order valence-electron chi connectivity index (χ4n) is 5.44. The van der Waals surface area contributed by atoms with Gasteiger partial charge in [0.1, 0.15) is 12.1 Å². The van der Waals surface area contributed by atoms with Crippen LogP contribution in [0.15, 0.2) is 0 Å². The third kappa shape index (κ3) is 6.49. The van der Waals surface area contributed by atoms with Crippen LogP contribution in [0.1, 0.15) is 46.5 Å². The molecular formula is C23H32ClF4N5O5. The number of carbonyl (C=O) groups excluding carboxylic acids is 5. The molecule has 0 spiro atoms. The average molecular weight is 570 g/mol. The first-order chi connectivity index (χ1) is 17.5. The van der Waals surface area contributed by atoms with Gasteiger partial charge in [-0.25, -0.2) is 9.40 Å². The molecule has 1 saturated carbocycles. The number of fused-ring (bicyclic) bond motifs is 1. The number of rotatable bonds is 6. The number of carbonyl (C=O) groups is 5. The molecule has 0 aromatic heterocycles. The van der Waals surface area contributed by atoms with Crippen molar-refractivity contribution in [3.05, 3.63) is 0 Å². The van der Waals surface area contributed by atoms with Crippen molar-refractivity contribution in [1.29, 1.82) is 0 Å². The van der Waals surface area contributed by atoms with Gasteiger partial charge in [-0.3, -0.25) is 29.4 Å². The number of alkyl halides is 5. The lowest BCUT2D eigenvalue weighted by Gasteiger charge is -2.37. The minimum atomic E-state index is -5.22. The summed E-state index contributed by atoms with van der Waals surface area (Å²) in [6, 6.07) is -2.80. The van der Waals surface area contributed by atoms with E-state index >= 15 is 0 Å². The maximum atomic E-state index is 13.7. The van der Waals surface area contributed by atoms with Crippen LogP contribution in [-0.4, -0.2) is 83.0 Å². The largest absolute Gasteiger partial charge is 0.471 e. The van der Waals surface area contributed by atoms with E-state index < -0.39 is 58.9 Å². The number of halogens is 5. The Morgan fingerprint density at radius 2 is 1.82 bits per heavy atom. The Bertz CT molecular complexity index is 973. The van der Waals surface area contributed by atoms with Gasteiger partial charge in [-0.05, 0) is 36.5 Å². The van der Waals surface area contributed by atoms with Crippen molar-refractivity contribution in [2.45, 2.75) is 70.3 Å². The summed E-state index contributed by atoms with van der Waals surface area (Å²) in [6.07, 6.45) is -2.91. The van der Waals surface area contributed by atoms with Crippen molar-refractivity contribution in [2.24, 2.45) is 23.2 Å². The Morgan fingerprint density at radius 1 is 1.16 bits per heavy atom. The summed E-state index contributed by atoms with van der Waals surface area (Å²) >= 11 is 5.33. The minimum absolute atomic E-state index is 0.0657. The minimum Gasteiger partial charge on any atom is -0.356 e. The molecule has 38 heavy (non-hydrogen) atoms. The maximum Gasteiger partial charge on any atom is 0.471 e. The molecule has 6 atom stereocenters. The second-order valence-electron chi connectivity index (χ2n) is 11.1. The first kappa shape index (κ1) is 29.9. The van der Waals surface area contributed by atoms with Gasteiger partial charge in [-0.2, -0.15) is 13.2 Å². The van der Waals surface area contributed by atoms with Gasteiger partial charge >= 0.3 is 12.1 Å². The van der Waals surface area contributed by atoms with Gasteiger partial charge in [0.05, 0.1) is 12.5 Å². The van der Waals surface area contributed by atoms with Crippen molar-refractivity contribution in [2.75, 3.05) is 19.6 Å². The summed E-state index contributed by atoms with van der Waals surface area (Å²) in [6.45, 7) is 4.49. The molecule has 2 heterocycles. The van der Waals surface area contributed by atoms with Gasteiger partial charge < -0.3 is 15.5 Å². The Labute approximate surface area is 222 Å². The molecule has 0 unspecified atom stereocenters. The monoisotopic (exact) mass is 569 g/mol. The number of hydrazine groups is 1. The highest BCUT2D eigenvalue weighted by atomic mass is 35.5. The molecule has 0 aromatic rings. The topological polar surface area (TPSA) is 128 Å². The van der Waals surface area contributed by atoms with E-state index in [4.69, 9.17) is 11.6 Å². The zero-order valence-electron chi connectivity index (χ0n) is 21.2. The molecule has 1 aliphatic carbocycles. The van der Waals surface area contributed by atoms with E-state index in [0.717, 1.165) is 11.3 Å². The van der Waals surface area contributed by atoms with Crippen LogP contribution >= 0.6 is 11.6 Å². The van der Waals surface area contributed by atoms with E-state index in [1.54, 1.807) is 5.32 Å². The molecule has 10 nitrogen and oxygen atoms in total. The van der Waals surface area contributed by atoms with Crippen LogP contribution < -0.4 is 16.1 Å². The molecule has 5 amide bonds. The molecule has 3 fully saturated rings. The molecule has 214 valence electrons. The van der Waals surface area contributed by atoms with Crippen LogP contribution in [0, 0.1) is 23.2 Å². The van der Waals surface area contributed by atoms with Crippen molar-refractivity contribution < 1.29 is 41.5 Å². The van der Waals surface area contributed by atoms with E-state index in [2.05, 4.69) is 10.7 Å². The predicted octanol–water partition coefficient (Wildman–Crippen LogP) is 1.24. The summed E-state index contributed by atoms with van der Waals surface area (Å²) in [5, 5.41) is 4.95. The van der Waals surface area contributed by atoms with Crippen molar-refractivity contribution >= 4 is 41.1 Å². The van der Waals surface area contributed by atoms with E-state index in [0.29, 0.717) is 30.8 Å². The molecule has 15 heteroatoms. The molecule has 0 bridgehead atoms. The van der Waals surface area contributed by atoms with Crippen LogP contribution in [-0.2, 0) is 24.0 Å². The molecule has 0 aromatic carbocycles. The second-order valence-corrected chi connectivity index (χ2v) is 11.4. The smallest absolute Gasteiger partial charge is 0.356 e. The normalized spacial score (nSPS) is 26.8. The fraction of sp³-hybridized carbons (Fsp3) is 0.783. The number of likely N-dealkylation sites (tertiary alicyclic amines) is 1. The molecule has 3 N–H and O–H groups in total. The first-order valence-corrected chi connectivity index (χ1v) is 12.8. The highest BCUT2D eigenvalue weighted by molar-refractivity contribution is 6.29. The molecule has 3 rings (SSSR count). The van der Waals surface area contributed by atoms with Crippen LogP contribution in [0.5, 0.6) is 0 Å². The summed E-state index contributed by atoms with van der Waals surface area (Å²) in [5.41, 5.74) is -1.35. The van der Waals surface area contributed by atoms with Crippen LogP contribution in [0.2, 0.25) is 0 Å². The Morgan fingerprint density at radius 3 is 2.34 bits per heavy atom. The molecule has 2 aliphatic heterocycles. The van der Waals surface area contributed by atoms with Gasteiger partial charge in [0.2, 0.25) is 11.8 Å². The third-order valence-electron chi connectivity index (χ3n) is 7.35. The first-order valence-electron chi connectivity index (χ1n) is 12.4. The predicted molar refractivity (Wildman–Crippen MR) is 125 cm³/mol. The lowest BCUT2D eigenvalue weighted by atomic mass is 9.85. The van der Waals surface area contributed by atoms with Gasteiger partial charge in [-0.15, -0.1) is 0 Å². The lowest BCUT2D eigenvalue weighted by molar-refractivity contribution is -0.176. The Balaban J connectivity index is 1.87.